The summed E-state index contributed by atoms with van der Waals surface area (Å²) in [6.45, 7) is 2.25. The summed E-state index contributed by atoms with van der Waals surface area (Å²) in [5, 5.41) is 4.28. The summed E-state index contributed by atoms with van der Waals surface area (Å²) in [7, 11) is 4.06. The number of nitrogens with one attached hydrogen (secondary N) is 1. The van der Waals surface area contributed by atoms with Crippen molar-refractivity contribution in [3.05, 3.63) is 28.8 Å². The van der Waals surface area contributed by atoms with Gasteiger partial charge in [0.1, 0.15) is 0 Å². The predicted molar refractivity (Wildman–Crippen MR) is 70.6 cm³/mol. The van der Waals surface area contributed by atoms with Gasteiger partial charge in [-0.15, -0.1) is 0 Å². The Morgan fingerprint density at radius 3 is 2.81 bits per heavy atom. The molecule has 1 aromatic carbocycles. The normalized spacial score (nSPS) is 20.8. The number of piperidine rings is 1. The molecule has 1 atom stereocenters. The minimum Gasteiger partial charge on any atom is -0.376 e. The summed E-state index contributed by atoms with van der Waals surface area (Å²) in [4.78, 5) is 2.07. The Kier molecular flexibility index (Phi) is 3.72. The van der Waals surface area contributed by atoms with Gasteiger partial charge in [0.05, 0.1) is 10.7 Å². The van der Waals surface area contributed by atoms with Gasteiger partial charge in [-0.1, -0.05) is 17.7 Å². The van der Waals surface area contributed by atoms with Crippen LogP contribution >= 0.6 is 11.6 Å². The molecule has 2 rings (SSSR count). The van der Waals surface area contributed by atoms with Crippen molar-refractivity contribution in [2.75, 3.05) is 32.1 Å². The fraction of sp³-hybridized carbons (Fsp3) is 0.538. The van der Waals surface area contributed by atoms with Gasteiger partial charge < -0.3 is 10.2 Å². The molecule has 0 aliphatic carbocycles. The van der Waals surface area contributed by atoms with Crippen LogP contribution in [-0.2, 0) is 0 Å². The van der Waals surface area contributed by atoms with Crippen molar-refractivity contribution < 1.29 is 0 Å². The molecule has 2 nitrogen and oxygen atoms in total. The molecule has 88 valence electrons. The third kappa shape index (κ3) is 2.50. The van der Waals surface area contributed by atoms with Crippen LogP contribution in [0.25, 0.3) is 0 Å². The van der Waals surface area contributed by atoms with Crippen LogP contribution in [-0.4, -0.2) is 27.2 Å². The molecule has 1 heterocycles. The molecule has 1 N–H and O–H groups in total. The molecule has 0 bridgehead atoms. The first-order chi connectivity index (χ1) is 7.68. The highest BCUT2D eigenvalue weighted by molar-refractivity contribution is 6.33. The lowest BCUT2D eigenvalue weighted by atomic mass is 9.91. The van der Waals surface area contributed by atoms with E-state index in [9.17, 15) is 0 Å². The number of hydrogen-bond acceptors (Lipinski definition) is 2. The maximum absolute atomic E-state index is 6.17. The highest BCUT2D eigenvalue weighted by Crippen LogP contribution is 2.31. The largest absolute Gasteiger partial charge is 0.376 e. The van der Waals surface area contributed by atoms with E-state index in [-0.39, 0.29) is 0 Å². The number of benzene rings is 1. The van der Waals surface area contributed by atoms with Crippen LogP contribution in [0.3, 0.4) is 0 Å². The summed E-state index contributed by atoms with van der Waals surface area (Å²) < 4.78 is 0. The van der Waals surface area contributed by atoms with E-state index in [1.54, 1.807) is 0 Å². The van der Waals surface area contributed by atoms with E-state index in [2.05, 4.69) is 22.3 Å². The predicted octanol–water partition coefficient (Wildman–Crippen LogP) is 2.87. The molecule has 1 aromatic rings. The molecule has 16 heavy (non-hydrogen) atoms. The van der Waals surface area contributed by atoms with Gasteiger partial charge in [0.2, 0.25) is 0 Å². The number of rotatable bonds is 2. The molecule has 0 saturated carbocycles. The molecule has 0 amide bonds. The molecular formula is C13H19ClN2. The van der Waals surface area contributed by atoms with E-state index in [4.69, 9.17) is 11.6 Å². The third-order valence-electron chi connectivity index (χ3n) is 3.22. The van der Waals surface area contributed by atoms with Crippen molar-refractivity contribution in [1.82, 2.24) is 5.32 Å². The zero-order chi connectivity index (χ0) is 11.5. The van der Waals surface area contributed by atoms with Crippen molar-refractivity contribution in [2.24, 2.45) is 0 Å². The first-order valence-corrected chi connectivity index (χ1v) is 6.24. The highest BCUT2D eigenvalue weighted by Gasteiger charge is 2.16. The number of nitrogens with zero attached hydrogens (tertiary/aromatic N) is 1. The smallest absolute Gasteiger partial charge is 0.0639 e. The number of anilines is 1. The van der Waals surface area contributed by atoms with Crippen LogP contribution in [0.2, 0.25) is 5.02 Å². The summed E-state index contributed by atoms with van der Waals surface area (Å²) in [5.74, 6) is 0.643. The maximum Gasteiger partial charge on any atom is 0.0639 e. The van der Waals surface area contributed by atoms with E-state index in [1.807, 2.05) is 20.2 Å². The second kappa shape index (κ2) is 5.07. The SMILES string of the molecule is CN(C)c1cc(C2CCCNC2)ccc1Cl. The standard InChI is InChI=1S/C13H19ClN2/c1-16(2)13-8-10(5-6-12(13)14)11-4-3-7-15-9-11/h5-6,8,11,15H,3-4,7,9H2,1-2H3. The minimum absolute atomic E-state index is 0.643. The molecule has 0 aromatic heterocycles. The molecule has 1 unspecified atom stereocenters. The zero-order valence-electron chi connectivity index (χ0n) is 9.96. The van der Waals surface area contributed by atoms with Gasteiger partial charge >= 0.3 is 0 Å². The van der Waals surface area contributed by atoms with Crippen molar-refractivity contribution in [3.8, 4) is 0 Å². The van der Waals surface area contributed by atoms with Gasteiger partial charge in [0.15, 0.2) is 0 Å². The van der Waals surface area contributed by atoms with Crippen molar-refractivity contribution in [1.29, 1.82) is 0 Å². The third-order valence-corrected chi connectivity index (χ3v) is 3.54. The quantitative estimate of drug-likeness (QED) is 0.853. The first kappa shape index (κ1) is 11.7. The van der Waals surface area contributed by atoms with Crippen LogP contribution in [0.5, 0.6) is 0 Å². The first-order valence-electron chi connectivity index (χ1n) is 5.86. The molecule has 1 aliphatic heterocycles. The minimum atomic E-state index is 0.643. The van der Waals surface area contributed by atoms with Gasteiger partial charge in [-0.25, -0.2) is 0 Å². The Labute approximate surface area is 103 Å². The molecule has 1 fully saturated rings. The monoisotopic (exact) mass is 238 g/mol. The van der Waals surface area contributed by atoms with Gasteiger partial charge in [-0.2, -0.15) is 0 Å². The van der Waals surface area contributed by atoms with E-state index in [1.165, 1.54) is 18.4 Å². The summed E-state index contributed by atoms with van der Waals surface area (Å²) >= 11 is 6.17. The van der Waals surface area contributed by atoms with Gasteiger partial charge in [0, 0.05) is 20.6 Å². The Morgan fingerprint density at radius 1 is 1.38 bits per heavy atom. The lowest BCUT2D eigenvalue weighted by Crippen LogP contribution is -2.28. The van der Waals surface area contributed by atoms with Gasteiger partial charge in [0.25, 0.3) is 0 Å². The van der Waals surface area contributed by atoms with Crippen molar-refractivity contribution in [3.63, 3.8) is 0 Å². The van der Waals surface area contributed by atoms with Crippen LogP contribution in [0.1, 0.15) is 24.3 Å². The summed E-state index contributed by atoms with van der Waals surface area (Å²) in [5.41, 5.74) is 2.52. The Bertz CT molecular complexity index is 357. The fourth-order valence-electron chi connectivity index (χ4n) is 2.26. The molecular weight excluding hydrogens is 220 g/mol. The summed E-state index contributed by atoms with van der Waals surface area (Å²) in [6.07, 6.45) is 2.55. The second-order valence-corrected chi connectivity index (χ2v) is 5.06. The van der Waals surface area contributed by atoms with Crippen molar-refractivity contribution >= 4 is 17.3 Å². The maximum atomic E-state index is 6.17. The van der Waals surface area contributed by atoms with Gasteiger partial charge in [-0.05, 0) is 43.0 Å². The molecule has 3 heteroatoms. The lowest BCUT2D eigenvalue weighted by Gasteiger charge is -2.25. The van der Waals surface area contributed by atoms with Gasteiger partial charge in [-0.3, -0.25) is 0 Å². The average Bonchev–Trinajstić information content (AvgIpc) is 2.30. The van der Waals surface area contributed by atoms with Crippen molar-refractivity contribution in [2.45, 2.75) is 18.8 Å². The van der Waals surface area contributed by atoms with E-state index < -0.39 is 0 Å². The molecule has 0 spiro atoms. The summed E-state index contributed by atoms with van der Waals surface area (Å²) in [6, 6.07) is 6.40. The lowest BCUT2D eigenvalue weighted by molar-refractivity contribution is 0.461. The van der Waals surface area contributed by atoms with Crippen LogP contribution in [0, 0.1) is 0 Å². The number of halogens is 1. The second-order valence-electron chi connectivity index (χ2n) is 4.65. The topological polar surface area (TPSA) is 15.3 Å². The van der Waals surface area contributed by atoms with E-state index in [0.29, 0.717) is 5.92 Å². The molecule has 0 radical (unpaired) electrons. The zero-order valence-corrected chi connectivity index (χ0v) is 10.7. The molecule has 1 aliphatic rings. The molecule has 1 saturated heterocycles. The average molecular weight is 239 g/mol. The highest BCUT2D eigenvalue weighted by atomic mass is 35.5. The number of hydrogen-bond donors (Lipinski definition) is 1. The fourth-order valence-corrected chi connectivity index (χ4v) is 2.55. The Hall–Kier alpha value is -0.730. The van der Waals surface area contributed by atoms with E-state index in [0.717, 1.165) is 23.8 Å². The van der Waals surface area contributed by atoms with Crippen LogP contribution in [0.15, 0.2) is 18.2 Å². The Balaban J connectivity index is 2.24. The van der Waals surface area contributed by atoms with Crippen LogP contribution < -0.4 is 10.2 Å². The van der Waals surface area contributed by atoms with Crippen LogP contribution in [0.4, 0.5) is 5.69 Å². The van der Waals surface area contributed by atoms with E-state index >= 15 is 0 Å². The Morgan fingerprint density at radius 2 is 2.19 bits per heavy atom.